The molecule has 51 heavy (non-hydrogen) atoms. The lowest BCUT2D eigenvalue weighted by Crippen LogP contribution is -2.59. The summed E-state index contributed by atoms with van der Waals surface area (Å²) in [6, 6.07) is 5.28. The molecule has 288 valence electrons. The molecule has 2 aliphatic rings. The minimum atomic E-state index is -5.05. The molecule has 8 atom stereocenters. The van der Waals surface area contributed by atoms with E-state index in [1.807, 2.05) is 0 Å². The van der Waals surface area contributed by atoms with Gasteiger partial charge in [0.2, 0.25) is 0 Å². The van der Waals surface area contributed by atoms with E-state index >= 15 is 0 Å². The Morgan fingerprint density at radius 1 is 1.04 bits per heavy atom. The van der Waals surface area contributed by atoms with Gasteiger partial charge in [0.1, 0.15) is 41.9 Å². The maximum absolute atomic E-state index is 10.6. The van der Waals surface area contributed by atoms with E-state index in [2.05, 4.69) is 19.3 Å². The summed E-state index contributed by atoms with van der Waals surface area (Å²) in [5.41, 5.74) is 4.23. The average molecular weight is 797 g/mol. The summed E-state index contributed by atoms with van der Waals surface area (Å²) in [4.78, 5) is 64.6. The molecule has 0 saturated carbocycles. The Labute approximate surface area is 284 Å². The lowest BCUT2D eigenvalue weighted by atomic mass is 9.93. The van der Waals surface area contributed by atoms with Crippen LogP contribution >= 0.6 is 23.5 Å². The van der Waals surface area contributed by atoms with E-state index < -0.39 is 84.5 Å². The fraction of sp³-hybridized carbons (Fsp3) is 0.476. The number of nitrogens with one attached hydrogen (secondary N) is 1. The number of aliphatic hydroxyl groups is 6. The highest BCUT2D eigenvalue weighted by Crippen LogP contribution is 2.53. The SMILES string of the molecule is N=C([O-])C1(O)C(O)COC1CO.Nc1ncnc2c1ncn2C1OC(C(O)[n+]2ccccc2)C(O)C1O.O=P(O)(O)O.O=P(O)(O)OP(=O)(O)O. The molecule has 5 heterocycles. The summed E-state index contributed by atoms with van der Waals surface area (Å²) < 4.78 is 44.5. The first-order valence-corrected chi connectivity index (χ1v) is 18.0. The van der Waals surface area contributed by atoms with Crippen LogP contribution in [0.3, 0.4) is 0 Å². The second-order valence-electron chi connectivity index (χ2n) is 10.0. The fourth-order valence-corrected chi connectivity index (χ4v) is 5.39. The van der Waals surface area contributed by atoms with Gasteiger partial charge in [-0.2, -0.15) is 8.88 Å². The summed E-state index contributed by atoms with van der Waals surface area (Å²) in [5.74, 6) is -1.14. The highest BCUT2D eigenvalue weighted by molar-refractivity contribution is 7.60. The van der Waals surface area contributed by atoms with Crippen molar-refractivity contribution in [2.24, 2.45) is 0 Å². The Kier molecular flexibility index (Phi) is 15.3. The number of nitrogens with zero attached hydrogens (tertiary/aromatic N) is 5. The molecule has 0 radical (unpaired) electrons. The number of hydrogen-bond acceptors (Lipinski definition) is 18. The van der Waals surface area contributed by atoms with Gasteiger partial charge in [0.25, 0.3) is 6.23 Å². The van der Waals surface area contributed by atoms with Gasteiger partial charge in [0, 0.05) is 12.1 Å². The largest absolute Gasteiger partial charge is 0.860 e. The van der Waals surface area contributed by atoms with Crippen molar-refractivity contribution in [3.63, 3.8) is 0 Å². The molecular formula is C21H34N7O20P3. The summed E-state index contributed by atoms with van der Waals surface area (Å²) in [7, 11) is -14.7. The van der Waals surface area contributed by atoms with Crippen LogP contribution in [0, 0.1) is 5.41 Å². The summed E-state index contributed by atoms with van der Waals surface area (Å²) in [5, 5.41) is 75.7. The number of aromatic nitrogens is 5. The Bertz CT molecular complexity index is 1710. The minimum absolute atomic E-state index is 0.202. The molecule has 0 aromatic carbocycles. The Balaban J connectivity index is 0.000000288. The van der Waals surface area contributed by atoms with Crippen LogP contribution in [0.5, 0.6) is 0 Å². The maximum atomic E-state index is 10.6. The third-order valence-corrected chi connectivity index (χ3v) is 8.17. The number of imidazole rings is 1. The van der Waals surface area contributed by atoms with Crippen molar-refractivity contribution in [3.8, 4) is 0 Å². The zero-order valence-electron chi connectivity index (χ0n) is 25.3. The van der Waals surface area contributed by atoms with E-state index in [0.717, 1.165) is 0 Å². The van der Waals surface area contributed by atoms with Crippen LogP contribution in [0.4, 0.5) is 5.82 Å². The number of nitrogens with two attached hydrogens (primary N) is 1. The van der Waals surface area contributed by atoms with Crippen molar-refractivity contribution in [1.29, 1.82) is 5.41 Å². The number of pyridine rings is 1. The van der Waals surface area contributed by atoms with E-state index in [0.29, 0.717) is 11.2 Å². The Morgan fingerprint density at radius 2 is 1.59 bits per heavy atom. The van der Waals surface area contributed by atoms with E-state index in [-0.39, 0.29) is 12.4 Å². The van der Waals surface area contributed by atoms with Crippen molar-refractivity contribution in [3.05, 3.63) is 43.2 Å². The Hall–Kier alpha value is -2.98. The van der Waals surface area contributed by atoms with E-state index in [9.17, 15) is 34.7 Å². The molecule has 3 aromatic rings. The zero-order chi connectivity index (χ0) is 39.1. The van der Waals surface area contributed by atoms with Crippen LogP contribution in [0.1, 0.15) is 12.5 Å². The van der Waals surface area contributed by atoms with Crippen LogP contribution in [0.2, 0.25) is 0 Å². The molecule has 0 amide bonds. The predicted molar refractivity (Wildman–Crippen MR) is 158 cm³/mol. The number of aliphatic hydroxyl groups excluding tert-OH is 5. The molecule has 8 unspecified atom stereocenters. The van der Waals surface area contributed by atoms with Gasteiger partial charge in [-0.1, -0.05) is 6.07 Å². The number of fused-ring (bicyclic) bond motifs is 1. The molecule has 2 saturated heterocycles. The number of nitrogen functional groups attached to an aromatic ring is 1. The molecule has 2 aliphatic heterocycles. The average Bonchev–Trinajstić information content (AvgIpc) is 3.65. The molecule has 5 rings (SSSR count). The number of hydrogen-bond donors (Lipinski definition) is 15. The van der Waals surface area contributed by atoms with Crippen molar-refractivity contribution in [2.75, 3.05) is 18.9 Å². The van der Waals surface area contributed by atoms with Gasteiger partial charge in [-0.05, 0) is 5.90 Å². The minimum Gasteiger partial charge on any atom is -0.860 e. The van der Waals surface area contributed by atoms with Gasteiger partial charge < -0.3 is 90.6 Å². The quantitative estimate of drug-likeness (QED) is 0.0457. The van der Waals surface area contributed by atoms with Gasteiger partial charge in [0.15, 0.2) is 36.2 Å². The summed E-state index contributed by atoms with van der Waals surface area (Å²) in [6.45, 7) is -0.843. The number of anilines is 1. The highest BCUT2D eigenvalue weighted by Gasteiger charge is 2.51. The lowest BCUT2D eigenvalue weighted by molar-refractivity contribution is -0.768. The van der Waals surface area contributed by atoms with Gasteiger partial charge in [-0.25, -0.2) is 28.6 Å². The summed E-state index contributed by atoms with van der Waals surface area (Å²) in [6.07, 6.45) is -2.44. The van der Waals surface area contributed by atoms with E-state index in [1.165, 1.54) is 21.8 Å². The Morgan fingerprint density at radius 3 is 2.04 bits per heavy atom. The van der Waals surface area contributed by atoms with Crippen molar-refractivity contribution in [1.82, 2.24) is 19.5 Å². The third kappa shape index (κ3) is 12.6. The second-order valence-corrected chi connectivity index (χ2v) is 13.7. The first kappa shape index (κ1) is 44.2. The van der Waals surface area contributed by atoms with Crippen LogP contribution in [-0.2, 0) is 27.5 Å². The van der Waals surface area contributed by atoms with Crippen LogP contribution in [0.25, 0.3) is 11.2 Å². The molecule has 0 spiro atoms. The number of phosphoric acid groups is 3. The predicted octanol–water partition coefficient (Wildman–Crippen LogP) is -6.43. The van der Waals surface area contributed by atoms with Crippen LogP contribution < -0.4 is 15.4 Å². The highest BCUT2D eigenvalue weighted by atomic mass is 31.3. The van der Waals surface area contributed by atoms with Gasteiger partial charge in [0.05, 0.1) is 19.5 Å². The van der Waals surface area contributed by atoms with Gasteiger partial charge in [-0.15, -0.1) is 0 Å². The maximum Gasteiger partial charge on any atom is 0.478 e. The van der Waals surface area contributed by atoms with E-state index in [4.69, 9.17) is 69.6 Å². The normalized spacial score (nSPS) is 26.9. The monoisotopic (exact) mass is 797 g/mol. The van der Waals surface area contributed by atoms with E-state index in [1.54, 1.807) is 30.6 Å². The fourth-order valence-electron chi connectivity index (χ4n) is 4.28. The zero-order valence-corrected chi connectivity index (χ0v) is 28.0. The number of ether oxygens (including phenoxy) is 2. The summed E-state index contributed by atoms with van der Waals surface area (Å²) >= 11 is 0. The molecule has 0 aliphatic carbocycles. The van der Waals surface area contributed by atoms with Gasteiger partial charge >= 0.3 is 23.5 Å². The molecule has 0 bridgehead atoms. The van der Waals surface area contributed by atoms with Crippen LogP contribution in [-0.4, -0.2) is 140 Å². The first-order chi connectivity index (χ1) is 23.3. The molecule has 27 nitrogen and oxygen atoms in total. The van der Waals surface area contributed by atoms with Crippen molar-refractivity contribution in [2.45, 2.75) is 48.6 Å². The number of rotatable bonds is 7. The lowest BCUT2D eigenvalue weighted by Gasteiger charge is -2.33. The molecular weight excluding hydrogens is 763 g/mol. The molecule has 16 N–H and O–H groups in total. The molecule has 30 heteroatoms. The topological polar surface area (TPSA) is 462 Å². The third-order valence-electron chi connectivity index (χ3n) is 6.47. The molecule has 3 aromatic heterocycles. The standard InChI is InChI=1S/C15H17N6O4.C6H11NO5.H4O7P2.H3O4P/c16-12-8-13(18-6-17-12)21(7-19-8)15-10(23)9(22)11(25-15)14(24)20-4-2-1-3-5-20;7-5(10)6(11)3(9)2-12-4(6)1-8;1-8(2,3)7-9(4,5)6;1-5(2,3)4/h1-7,9-11,14-15,22-24H,(H2,16,17,18);3-4,8-9,11H,1-2H2,(H2,7,10);(H2,1,2,3)(H2,4,5,6);(H3,1,2,3,4)/q+1;;;/p-1. The van der Waals surface area contributed by atoms with Crippen LogP contribution in [0.15, 0.2) is 43.2 Å². The van der Waals surface area contributed by atoms with Gasteiger partial charge in [-0.3, -0.25) is 4.57 Å². The van der Waals surface area contributed by atoms with Crippen molar-refractivity contribution < 1.29 is 102 Å². The smallest absolute Gasteiger partial charge is 0.478 e. The van der Waals surface area contributed by atoms with Crippen molar-refractivity contribution >= 4 is 46.3 Å². The first-order valence-electron chi connectivity index (χ1n) is 13.4. The molecule has 2 fully saturated rings. The second kappa shape index (κ2) is 17.7.